The molecular weight excluding hydrogens is 304 g/mol. The van der Waals surface area contributed by atoms with Crippen LogP contribution in [0, 0.1) is 0 Å². The largest absolute Gasteiger partial charge is 0.489 e. The molecule has 5 nitrogen and oxygen atoms in total. The summed E-state index contributed by atoms with van der Waals surface area (Å²) in [5.41, 5.74) is 1.68. The van der Waals surface area contributed by atoms with E-state index in [2.05, 4.69) is 4.98 Å². The minimum Gasteiger partial charge on any atom is -0.489 e. The average Bonchev–Trinajstić information content (AvgIpc) is 3.09. The Hall–Kier alpha value is -3.08. The first kappa shape index (κ1) is 15.8. The first-order valence-electron chi connectivity index (χ1n) is 7.62. The first-order chi connectivity index (χ1) is 11.7. The predicted octanol–water partition coefficient (Wildman–Crippen LogP) is 3.53. The van der Waals surface area contributed by atoms with Crippen LogP contribution in [0.2, 0.25) is 0 Å². The third kappa shape index (κ3) is 3.81. The molecule has 24 heavy (non-hydrogen) atoms. The van der Waals surface area contributed by atoms with Crippen LogP contribution in [0.5, 0.6) is 5.75 Å². The Balaban J connectivity index is 1.66. The average molecular weight is 322 g/mol. The number of hydrogen-bond donors (Lipinski definition) is 0. The van der Waals surface area contributed by atoms with Crippen molar-refractivity contribution >= 4 is 5.91 Å². The number of hydrogen-bond acceptors (Lipinski definition) is 4. The summed E-state index contributed by atoms with van der Waals surface area (Å²) in [7, 11) is 1.74. The number of rotatable bonds is 6. The quantitative estimate of drug-likeness (QED) is 0.697. The summed E-state index contributed by atoms with van der Waals surface area (Å²) in [5, 5.41) is 0. The summed E-state index contributed by atoms with van der Waals surface area (Å²) in [6.07, 6.45) is 4.96. The number of ether oxygens (including phenoxy) is 1. The second-order valence-corrected chi connectivity index (χ2v) is 5.40. The fourth-order valence-electron chi connectivity index (χ4n) is 2.33. The van der Waals surface area contributed by atoms with E-state index in [1.54, 1.807) is 30.4 Å². The molecule has 0 aliphatic heterocycles. The number of furan rings is 1. The maximum absolute atomic E-state index is 12.6. The molecule has 0 aliphatic rings. The Morgan fingerprint density at radius 1 is 1.17 bits per heavy atom. The summed E-state index contributed by atoms with van der Waals surface area (Å²) in [6, 6.07) is 15.0. The van der Waals surface area contributed by atoms with Gasteiger partial charge in [0.2, 0.25) is 0 Å². The van der Waals surface area contributed by atoms with Gasteiger partial charge in [0, 0.05) is 31.5 Å². The Labute approximate surface area is 140 Å². The smallest absolute Gasteiger partial charge is 0.290 e. The Morgan fingerprint density at radius 3 is 2.75 bits per heavy atom. The van der Waals surface area contributed by atoms with E-state index in [-0.39, 0.29) is 12.5 Å². The van der Waals surface area contributed by atoms with Gasteiger partial charge in [-0.1, -0.05) is 24.3 Å². The molecule has 0 fully saturated rings. The van der Waals surface area contributed by atoms with Crippen molar-refractivity contribution in [1.29, 1.82) is 0 Å². The van der Waals surface area contributed by atoms with E-state index in [1.807, 2.05) is 42.5 Å². The summed E-state index contributed by atoms with van der Waals surface area (Å²) in [6.45, 7) is 0.745. The molecule has 2 heterocycles. The molecule has 5 heteroatoms. The van der Waals surface area contributed by atoms with Gasteiger partial charge in [-0.15, -0.1) is 0 Å². The first-order valence-corrected chi connectivity index (χ1v) is 7.62. The zero-order valence-electron chi connectivity index (χ0n) is 13.4. The highest BCUT2D eigenvalue weighted by atomic mass is 16.5. The lowest BCUT2D eigenvalue weighted by Gasteiger charge is -2.16. The van der Waals surface area contributed by atoms with Gasteiger partial charge in [0.1, 0.15) is 12.4 Å². The van der Waals surface area contributed by atoms with Gasteiger partial charge in [-0.3, -0.25) is 9.78 Å². The van der Waals surface area contributed by atoms with Crippen LogP contribution in [0.15, 0.2) is 71.6 Å². The summed E-state index contributed by atoms with van der Waals surface area (Å²) in [5.74, 6) is 0.869. The van der Waals surface area contributed by atoms with Crippen LogP contribution in [-0.2, 0) is 13.2 Å². The maximum atomic E-state index is 12.6. The van der Waals surface area contributed by atoms with E-state index >= 15 is 0 Å². The molecule has 0 saturated heterocycles. The number of carbonyl (C=O) groups is 1. The van der Waals surface area contributed by atoms with Crippen LogP contribution in [0.4, 0.5) is 0 Å². The lowest BCUT2D eigenvalue weighted by Crippen LogP contribution is -2.26. The molecule has 0 saturated carbocycles. The molecule has 0 spiro atoms. The molecular formula is C19H18N2O3. The number of amides is 1. The van der Waals surface area contributed by atoms with E-state index in [4.69, 9.17) is 9.15 Å². The number of para-hydroxylation sites is 1. The molecule has 0 aliphatic carbocycles. The second-order valence-electron chi connectivity index (χ2n) is 5.40. The van der Waals surface area contributed by atoms with Crippen LogP contribution in [0.1, 0.15) is 21.7 Å². The topological polar surface area (TPSA) is 55.6 Å². The van der Waals surface area contributed by atoms with Crippen molar-refractivity contribution in [2.75, 3.05) is 7.05 Å². The van der Waals surface area contributed by atoms with Crippen LogP contribution >= 0.6 is 0 Å². The monoisotopic (exact) mass is 322 g/mol. The molecule has 0 bridgehead atoms. The van der Waals surface area contributed by atoms with E-state index in [0.29, 0.717) is 12.3 Å². The number of pyridine rings is 1. The zero-order chi connectivity index (χ0) is 16.8. The van der Waals surface area contributed by atoms with Gasteiger partial charge < -0.3 is 14.1 Å². The van der Waals surface area contributed by atoms with Gasteiger partial charge in [0.25, 0.3) is 5.91 Å². The standard InChI is InChI=1S/C19H18N2O3/c1-21(13-15-6-5-10-20-12-15)19(22)18-16(9-11-23-18)14-24-17-7-3-2-4-8-17/h2-12H,13-14H2,1H3. The van der Waals surface area contributed by atoms with Crippen molar-refractivity contribution in [3.63, 3.8) is 0 Å². The van der Waals surface area contributed by atoms with E-state index in [0.717, 1.165) is 16.9 Å². The normalized spacial score (nSPS) is 10.4. The van der Waals surface area contributed by atoms with Crippen molar-refractivity contribution in [2.45, 2.75) is 13.2 Å². The molecule has 0 N–H and O–H groups in total. The summed E-state index contributed by atoms with van der Waals surface area (Å²) < 4.78 is 11.1. The fourth-order valence-corrected chi connectivity index (χ4v) is 2.33. The van der Waals surface area contributed by atoms with Crippen LogP contribution in [0.3, 0.4) is 0 Å². The number of benzene rings is 1. The van der Waals surface area contributed by atoms with Gasteiger partial charge in [-0.2, -0.15) is 0 Å². The zero-order valence-corrected chi connectivity index (χ0v) is 13.4. The molecule has 3 rings (SSSR count). The van der Waals surface area contributed by atoms with Crippen molar-refractivity contribution in [2.24, 2.45) is 0 Å². The van der Waals surface area contributed by atoms with Gasteiger partial charge >= 0.3 is 0 Å². The highest BCUT2D eigenvalue weighted by Crippen LogP contribution is 2.17. The Morgan fingerprint density at radius 2 is 2.00 bits per heavy atom. The van der Waals surface area contributed by atoms with E-state index in [9.17, 15) is 4.79 Å². The SMILES string of the molecule is CN(Cc1cccnc1)C(=O)c1occc1COc1ccccc1. The number of aromatic nitrogens is 1. The number of nitrogens with zero attached hydrogens (tertiary/aromatic N) is 2. The van der Waals surface area contributed by atoms with Gasteiger partial charge in [-0.05, 0) is 29.8 Å². The highest BCUT2D eigenvalue weighted by molar-refractivity contribution is 5.92. The van der Waals surface area contributed by atoms with Crippen molar-refractivity contribution in [3.05, 3.63) is 84.1 Å². The maximum Gasteiger partial charge on any atom is 0.290 e. The second kappa shape index (κ2) is 7.46. The van der Waals surface area contributed by atoms with Gasteiger partial charge in [-0.25, -0.2) is 0 Å². The lowest BCUT2D eigenvalue weighted by molar-refractivity contribution is 0.0749. The predicted molar refractivity (Wildman–Crippen MR) is 89.5 cm³/mol. The Bertz CT molecular complexity index is 785. The van der Waals surface area contributed by atoms with Crippen molar-refractivity contribution < 1.29 is 13.9 Å². The van der Waals surface area contributed by atoms with Crippen LogP contribution in [-0.4, -0.2) is 22.8 Å². The van der Waals surface area contributed by atoms with E-state index in [1.165, 1.54) is 6.26 Å². The molecule has 0 radical (unpaired) electrons. The summed E-state index contributed by atoms with van der Waals surface area (Å²) in [4.78, 5) is 18.3. The third-order valence-electron chi connectivity index (χ3n) is 3.57. The third-order valence-corrected chi connectivity index (χ3v) is 3.57. The molecule has 122 valence electrons. The van der Waals surface area contributed by atoms with Crippen LogP contribution in [0.25, 0.3) is 0 Å². The molecule has 0 unspecified atom stereocenters. The molecule has 1 amide bonds. The minimum absolute atomic E-state index is 0.185. The molecule has 2 aromatic heterocycles. The fraction of sp³-hybridized carbons (Fsp3) is 0.158. The number of carbonyl (C=O) groups excluding carboxylic acids is 1. The Kier molecular flexibility index (Phi) is 4.91. The summed E-state index contributed by atoms with van der Waals surface area (Å²) >= 11 is 0. The van der Waals surface area contributed by atoms with Crippen molar-refractivity contribution in [3.8, 4) is 5.75 Å². The lowest BCUT2D eigenvalue weighted by atomic mass is 10.2. The molecule has 0 atom stereocenters. The van der Waals surface area contributed by atoms with E-state index < -0.39 is 0 Å². The van der Waals surface area contributed by atoms with Gasteiger partial charge in [0.15, 0.2) is 5.76 Å². The van der Waals surface area contributed by atoms with Crippen LogP contribution < -0.4 is 4.74 Å². The highest BCUT2D eigenvalue weighted by Gasteiger charge is 2.20. The van der Waals surface area contributed by atoms with Gasteiger partial charge in [0.05, 0.1) is 6.26 Å². The molecule has 3 aromatic rings. The van der Waals surface area contributed by atoms with Crippen molar-refractivity contribution in [1.82, 2.24) is 9.88 Å². The minimum atomic E-state index is -0.185. The molecule has 1 aromatic carbocycles.